The molecule has 0 aliphatic heterocycles. The number of fused-ring (bicyclic) bond motifs is 2. The van der Waals surface area contributed by atoms with Crippen LogP contribution in [0, 0.1) is 11.8 Å². The highest BCUT2D eigenvalue weighted by atomic mass is 14.4. The maximum absolute atomic E-state index is 2.41. The summed E-state index contributed by atoms with van der Waals surface area (Å²) in [6.45, 7) is 2.29. The molecule has 3 atom stereocenters. The van der Waals surface area contributed by atoms with E-state index in [4.69, 9.17) is 0 Å². The molecule has 0 spiro atoms. The van der Waals surface area contributed by atoms with Gasteiger partial charge in [-0.25, -0.2) is 0 Å². The lowest BCUT2D eigenvalue weighted by molar-refractivity contribution is 0.418. The van der Waals surface area contributed by atoms with Gasteiger partial charge in [0.1, 0.15) is 0 Å². The SMILES string of the molecule is CCCCc1ccccc1[C@H]1C[C@@H]2CC[C@H]1C2. The molecular weight excluding hydrogens is 204 g/mol. The second kappa shape index (κ2) is 4.84. The number of hydrogen-bond donors (Lipinski definition) is 0. The number of hydrogen-bond acceptors (Lipinski definition) is 0. The Morgan fingerprint density at radius 2 is 2.00 bits per heavy atom. The number of benzene rings is 1. The van der Waals surface area contributed by atoms with E-state index in [1.165, 1.54) is 44.9 Å². The van der Waals surface area contributed by atoms with Crippen molar-refractivity contribution in [2.45, 2.75) is 57.8 Å². The number of aryl methyl sites for hydroxylation is 1. The molecule has 2 bridgehead atoms. The predicted octanol–water partition coefficient (Wildman–Crippen LogP) is 4.93. The second-order valence-corrected chi connectivity index (χ2v) is 6.08. The van der Waals surface area contributed by atoms with Crippen molar-refractivity contribution >= 4 is 0 Å². The lowest BCUT2D eigenvalue weighted by Gasteiger charge is -2.24. The van der Waals surface area contributed by atoms with Crippen LogP contribution in [0.1, 0.15) is 62.5 Å². The minimum absolute atomic E-state index is 0.904. The Bertz CT molecular complexity index is 379. The van der Waals surface area contributed by atoms with Gasteiger partial charge in [0.2, 0.25) is 0 Å². The van der Waals surface area contributed by atoms with Gasteiger partial charge >= 0.3 is 0 Å². The van der Waals surface area contributed by atoms with Crippen molar-refractivity contribution in [3.63, 3.8) is 0 Å². The van der Waals surface area contributed by atoms with E-state index in [1.807, 2.05) is 0 Å². The number of unbranched alkanes of at least 4 members (excludes halogenated alkanes) is 1. The van der Waals surface area contributed by atoms with E-state index in [-0.39, 0.29) is 0 Å². The molecule has 0 aromatic heterocycles. The van der Waals surface area contributed by atoms with Gasteiger partial charge in [-0.2, -0.15) is 0 Å². The van der Waals surface area contributed by atoms with E-state index < -0.39 is 0 Å². The summed E-state index contributed by atoms with van der Waals surface area (Å²) in [6, 6.07) is 9.26. The molecule has 2 aliphatic rings. The first kappa shape index (κ1) is 11.3. The van der Waals surface area contributed by atoms with Crippen LogP contribution in [0.15, 0.2) is 24.3 Å². The molecule has 0 radical (unpaired) electrons. The van der Waals surface area contributed by atoms with E-state index >= 15 is 0 Å². The zero-order valence-electron chi connectivity index (χ0n) is 11.0. The van der Waals surface area contributed by atoms with Crippen molar-refractivity contribution in [2.75, 3.05) is 0 Å². The monoisotopic (exact) mass is 228 g/mol. The molecule has 0 unspecified atom stereocenters. The van der Waals surface area contributed by atoms with Crippen LogP contribution in [0.2, 0.25) is 0 Å². The third kappa shape index (κ3) is 2.14. The summed E-state index contributed by atoms with van der Waals surface area (Å²) in [7, 11) is 0. The summed E-state index contributed by atoms with van der Waals surface area (Å²) in [5.41, 5.74) is 3.35. The van der Waals surface area contributed by atoms with Crippen molar-refractivity contribution in [1.82, 2.24) is 0 Å². The Morgan fingerprint density at radius 1 is 1.12 bits per heavy atom. The van der Waals surface area contributed by atoms with Gasteiger partial charge in [-0.15, -0.1) is 0 Å². The van der Waals surface area contributed by atoms with Gasteiger partial charge in [-0.3, -0.25) is 0 Å². The standard InChI is InChI=1S/C17H24/c1-2-3-6-14-7-4-5-8-16(14)17-12-13-9-10-15(17)11-13/h4-5,7-8,13,15,17H,2-3,6,9-12H2,1H3/t13-,15+,17+/m1/s1. The summed E-state index contributed by atoms with van der Waals surface area (Å²) in [4.78, 5) is 0. The molecule has 0 heteroatoms. The molecule has 17 heavy (non-hydrogen) atoms. The van der Waals surface area contributed by atoms with Gasteiger partial charge in [0.05, 0.1) is 0 Å². The first-order valence-electron chi connectivity index (χ1n) is 7.46. The van der Waals surface area contributed by atoms with Crippen LogP contribution < -0.4 is 0 Å². The topological polar surface area (TPSA) is 0 Å². The fourth-order valence-corrected chi connectivity index (χ4v) is 4.12. The molecule has 1 aromatic carbocycles. The van der Waals surface area contributed by atoms with Crippen LogP contribution in [0.4, 0.5) is 0 Å². The molecule has 2 aliphatic carbocycles. The van der Waals surface area contributed by atoms with Crippen LogP contribution in [-0.2, 0) is 6.42 Å². The Kier molecular flexibility index (Phi) is 3.22. The van der Waals surface area contributed by atoms with Crippen molar-refractivity contribution in [3.05, 3.63) is 35.4 Å². The largest absolute Gasteiger partial charge is 0.0654 e. The Morgan fingerprint density at radius 3 is 2.71 bits per heavy atom. The Hall–Kier alpha value is -0.780. The fourth-order valence-electron chi connectivity index (χ4n) is 4.12. The zero-order chi connectivity index (χ0) is 11.7. The molecule has 1 aromatic rings. The highest BCUT2D eigenvalue weighted by Crippen LogP contribution is 2.53. The fraction of sp³-hybridized carbons (Fsp3) is 0.647. The highest BCUT2D eigenvalue weighted by Gasteiger charge is 2.40. The summed E-state index contributed by atoms with van der Waals surface area (Å²) < 4.78 is 0. The van der Waals surface area contributed by atoms with Gasteiger partial charge < -0.3 is 0 Å². The molecule has 0 heterocycles. The summed E-state index contributed by atoms with van der Waals surface area (Å²) >= 11 is 0. The lowest BCUT2D eigenvalue weighted by Crippen LogP contribution is -2.10. The molecule has 0 nitrogen and oxygen atoms in total. The van der Waals surface area contributed by atoms with Crippen LogP contribution in [-0.4, -0.2) is 0 Å². The predicted molar refractivity (Wildman–Crippen MR) is 73.2 cm³/mol. The maximum atomic E-state index is 2.41. The van der Waals surface area contributed by atoms with E-state index in [0.29, 0.717) is 0 Å². The van der Waals surface area contributed by atoms with E-state index in [1.54, 1.807) is 11.1 Å². The van der Waals surface area contributed by atoms with Crippen LogP contribution in [0.3, 0.4) is 0 Å². The highest BCUT2D eigenvalue weighted by molar-refractivity contribution is 5.32. The molecule has 0 saturated heterocycles. The third-order valence-corrected chi connectivity index (χ3v) is 4.99. The zero-order valence-corrected chi connectivity index (χ0v) is 11.0. The van der Waals surface area contributed by atoms with Gasteiger partial charge in [0, 0.05) is 0 Å². The van der Waals surface area contributed by atoms with Crippen LogP contribution in [0.25, 0.3) is 0 Å². The molecule has 0 amide bonds. The van der Waals surface area contributed by atoms with E-state index in [2.05, 4.69) is 31.2 Å². The van der Waals surface area contributed by atoms with Crippen molar-refractivity contribution in [3.8, 4) is 0 Å². The minimum Gasteiger partial charge on any atom is -0.0654 e. The molecule has 3 rings (SSSR count). The quantitative estimate of drug-likeness (QED) is 0.685. The molecular formula is C17H24. The van der Waals surface area contributed by atoms with E-state index in [9.17, 15) is 0 Å². The second-order valence-electron chi connectivity index (χ2n) is 6.08. The minimum atomic E-state index is 0.904. The van der Waals surface area contributed by atoms with Crippen molar-refractivity contribution in [1.29, 1.82) is 0 Å². The first-order valence-corrected chi connectivity index (χ1v) is 7.46. The van der Waals surface area contributed by atoms with Gasteiger partial charge in [-0.05, 0) is 61.0 Å². The summed E-state index contributed by atoms with van der Waals surface area (Å²) in [5.74, 6) is 2.98. The third-order valence-electron chi connectivity index (χ3n) is 4.99. The first-order chi connectivity index (χ1) is 8.38. The van der Waals surface area contributed by atoms with E-state index in [0.717, 1.165) is 17.8 Å². The molecule has 2 saturated carbocycles. The van der Waals surface area contributed by atoms with Crippen molar-refractivity contribution in [2.24, 2.45) is 11.8 Å². The average Bonchev–Trinajstić information content (AvgIpc) is 2.99. The van der Waals surface area contributed by atoms with Gasteiger partial charge in [0.25, 0.3) is 0 Å². The maximum Gasteiger partial charge on any atom is -0.0128 e. The Balaban J connectivity index is 1.82. The lowest BCUT2D eigenvalue weighted by atomic mass is 9.81. The van der Waals surface area contributed by atoms with Crippen LogP contribution >= 0.6 is 0 Å². The summed E-state index contributed by atoms with van der Waals surface area (Å²) in [5, 5.41) is 0. The average molecular weight is 228 g/mol. The molecule has 2 fully saturated rings. The Labute approximate surface area is 105 Å². The normalized spacial score (nSPS) is 31.0. The summed E-state index contributed by atoms with van der Waals surface area (Å²) in [6.07, 6.45) is 9.96. The smallest absolute Gasteiger partial charge is 0.0128 e. The molecule has 92 valence electrons. The molecule has 0 N–H and O–H groups in total. The number of rotatable bonds is 4. The van der Waals surface area contributed by atoms with Gasteiger partial charge in [0.15, 0.2) is 0 Å². The van der Waals surface area contributed by atoms with Gasteiger partial charge in [-0.1, -0.05) is 44.0 Å². The van der Waals surface area contributed by atoms with Crippen molar-refractivity contribution < 1.29 is 0 Å². The van der Waals surface area contributed by atoms with Crippen LogP contribution in [0.5, 0.6) is 0 Å².